The Hall–Kier alpha value is -0.590. The molecule has 0 heterocycles. The number of hydrogen-bond acceptors (Lipinski definition) is 4. The number of rotatable bonds is 17. The molecule has 0 saturated carbocycles. The van der Waals surface area contributed by atoms with E-state index in [0.717, 1.165) is 19.3 Å². The molecule has 170 valence electrons. The van der Waals surface area contributed by atoms with E-state index < -0.39 is 24.0 Å². The number of nitrogens with one attached hydrogen (secondary N) is 1. The zero-order valence-electron chi connectivity index (χ0n) is 20.2. The van der Waals surface area contributed by atoms with Crippen LogP contribution < -0.4 is 40.0 Å². The molecule has 0 aliphatic heterocycles. The van der Waals surface area contributed by atoms with Crippen LogP contribution in [-0.2, 0) is 9.59 Å². The summed E-state index contributed by atoms with van der Waals surface area (Å²) in [6.45, 7) is 9.94. The van der Waals surface area contributed by atoms with Gasteiger partial charge >= 0.3 is 35.5 Å². The van der Waals surface area contributed by atoms with Gasteiger partial charge in [0.15, 0.2) is 0 Å². The Morgan fingerprint density at radius 2 is 1.40 bits per heavy atom. The molecule has 1 amide bonds. The predicted octanol–water partition coefficient (Wildman–Crippen LogP) is 1.31. The number of aliphatic imine (C=N–C) groups is 1. The Morgan fingerprint density at radius 1 is 0.900 bits per heavy atom. The minimum absolute atomic E-state index is 0. The van der Waals surface area contributed by atoms with Gasteiger partial charge in [-0.15, -0.1) is 0 Å². The maximum absolute atomic E-state index is 12.6. The molecular weight excluding hydrogens is 391 g/mol. The van der Waals surface area contributed by atoms with Gasteiger partial charge in [-0.3, -0.25) is 9.79 Å². The van der Waals surface area contributed by atoms with E-state index in [0.29, 0.717) is 19.3 Å². The second-order valence-corrected chi connectivity index (χ2v) is 8.92. The minimum atomic E-state index is -1.05. The predicted molar refractivity (Wildman–Crippen MR) is 117 cm³/mol. The molecule has 0 aromatic heterocycles. The molecule has 0 bridgehead atoms. The van der Waals surface area contributed by atoms with Gasteiger partial charge in [-0.1, -0.05) is 79.6 Å². The normalized spacial score (nSPS) is 13.8. The van der Waals surface area contributed by atoms with Gasteiger partial charge in [-0.2, -0.15) is 0 Å². The van der Waals surface area contributed by atoms with Crippen LogP contribution in [0.3, 0.4) is 0 Å². The number of nitrogens with zero attached hydrogens (tertiary/aromatic N) is 1. The molecule has 2 N–H and O–H groups in total. The Morgan fingerprint density at radius 3 is 1.87 bits per heavy atom. The number of hydrogen-bond donors (Lipinski definition) is 2. The summed E-state index contributed by atoms with van der Waals surface area (Å²) >= 11 is 0. The third-order valence-corrected chi connectivity index (χ3v) is 4.86. The molecule has 0 spiro atoms. The monoisotopic (exact) mass is 434 g/mol. The third kappa shape index (κ3) is 17.1. The molecule has 0 aromatic rings. The molecule has 0 unspecified atom stereocenters. The van der Waals surface area contributed by atoms with Gasteiger partial charge in [0.1, 0.15) is 12.1 Å². The molecule has 6 nitrogen and oxygen atoms in total. The van der Waals surface area contributed by atoms with Crippen LogP contribution in [0.25, 0.3) is 0 Å². The van der Waals surface area contributed by atoms with Crippen LogP contribution in [0, 0.1) is 11.8 Å². The van der Waals surface area contributed by atoms with E-state index in [1.807, 2.05) is 27.7 Å². The van der Waals surface area contributed by atoms with Crippen molar-refractivity contribution < 1.29 is 49.4 Å². The van der Waals surface area contributed by atoms with E-state index in [1.165, 1.54) is 32.1 Å². The molecule has 0 radical (unpaired) electrons. The fourth-order valence-electron chi connectivity index (χ4n) is 3.27. The number of carboxylic acids is 1. The van der Waals surface area contributed by atoms with Crippen LogP contribution in [0.4, 0.5) is 0 Å². The first-order valence-corrected chi connectivity index (χ1v) is 11.4. The SMILES string of the molecule is CCCCCCCCCCC([O-])=N[C@@H](CC(C)C)C(=O)N[C@@H](CC(C)C)C(=O)O.[Na+]. The fourth-order valence-corrected chi connectivity index (χ4v) is 3.27. The number of aliphatic carboxylic acids is 1. The maximum Gasteiger partial charge on any atom is 1.00 e. The summed E-state index contributed by atoms with van der Waals surface area (Å²) < 4.78 is 0. The molecule has 7 heteroatoms. The summed E-state index contributed by atoms with van der Waals surface area (Å²) in [4.78, 5) is 28.1. The number of carboxylic acid groups (broad SMARTS) is 1. The zero-order valence-corrected chi connectivity index (χ0v) is 22.2. The number of unbranched alkanes of at least 4 members (excludes halogenated alkanes) is 7. The van der Waals surface area contributed by atoms with Gasteiger partial charge in [0.25, 0.3) is 0 Å². The number of carbonyl (C=O) groups excluding carboxylic acids is 1. The van der Waals surface area contributed by atoms with Crippen LogP contribution in [0.15, 0.2) is 4.99 Å². The maximum atomic E-state index is 12.6. The van der Waals surface area contributed by atoms with Crippen molar-refractivity contribution >= 4 is 17.8 Å². The summed E-state index contributed by atoms with van der Waals surface area (Å²) in [7, 11) is 0. The van der Waals surface area contributed by atoms with Gasteiger partial charge in [-0.05, 0) is 43.4 Å². The van der Waals surface area contributed by atoms with Crippen LogP contribution >= 0.6 is 0 Å². The van der Waals surface area contributed by atoms with Crippen molar-refractivity contribution in [2.24, 2.45) is 16.8 Å². The third-order valence-electron chi connectivity index (χ3n) is 4.86. The molecule has 30 heavy (non-hydrogen) atoms. The standard InChI is InChI=1S/C23H44N2O4.Na/c1-6-7-8-9-10-11-12-13-14-21(26)24-19(15-17(2)3)22(27)25-20(23(28)29)16-18(4)5;/h17-20H,6-16H2,1-5H3,(H,24,26)(H,25,27)(H,28,29);/q;+1/p-1/t19-,20-;/m0./s1. The topological polar surface area (TPSA) is 102 Å². The van der Waals surface area contributed by atoms with Crippen molar-refractivity contribution in [3.8, 4) is 0 Å². The van der Waals surface area contributed by atoms with E-state index in [1.54, 1.807) is 0 Å². The first-order valence-electron chi connectivity index (χ1n) is 11.4. The molecule has 0 saturated heterocycles. The quantitative estimate of drug-likeness (QED) is 0.156. The Bertz CT molecular complexity index is 496. The van der Waals surface area contributed by atoms with E-state index in [9.17, 15) is 19.8 Å². The van der Waals surface area contributed by atoms with Crippen LogP contribution in [0.1, 0.15) is 105 Å². The van der Waals surface area contributed by atoms with Crippen molar-refractivity contribution in [1.82, 2.24) is 5.32 Å². The summed E-state index contributed by atoms with van der Waals surface area (Å²) in [5, 5.41) is 24.2. The Labute approximate surface area is 206 Å². The second-order valence-electron chi connectivity index (χ2n) is 8.92. The van der Waals surface area contributed by atoms with Crippen LogP contribution in [0.5, 0.6) is 0 Å². The average Bonchev–Trinajstić information content (AvgIpc) is 2.61. The van der Waals surface area contributed by atoms with Crippen molar-refractivity contribution in [2.75, 3.05) is 0 Å². The summed E-state index contributed by atoms with van der Waals surface area (Å²) in [5.74, 6) is -1.46. The molecular formula is C23H43N2NaO4. The Balaban J connectivity index is 0. The van der Waals surface area contributed by atoms with Gasteiger partial charge in [0, 0.05) is 0 Å². The van der Waals surface area contributed by atoms with Gasteiger partial charge in [0.2, 0.25) is 5.91 Å². The molecule has 0 aliphatic rings. The molecule has 2 atom stereocenters. The largest absolute Gasteiger partial charge is 1.00 e. The van der Waals surface area contributed by atoms with Crippen molar-refractivity contribution in [2.45, 2.75) is 117 Å². The first kappa shape index (κ1) is 31.6. The van der Waals surface area contributed by atoms with Gasteiger partial charge in [0.05, 0.1) is 0 Å². The zero-order chi connectivity index (χ0) is 22.2. The molecule has 0 fully saturated rings. The second kappa shape index (κ2) is 19.1. The van der Waals surface area contributed by atoms with Crippen molar-refractivity contribution in [1.29, 1.82) is 0 Å². The number of amides is 1. The van der Waals surface area contributed by atoms with Crippen molar-refractivity contribution in [3.05, 3.63) is 0 Å². The van der Waals surface area contributed by atoms with Crippen LogP contribution in [0.2, 0.25) is 0 Å². The minimum Gasteiger partial charge on any atom is -0.862 e. The molecule has 0 aliphatic carbocycles. The van der Waals surface area contributed by atoms with Gasteiger partial charge in [-0.25, -0.2) is 4.79 Å². The fraction of sp³-hybridized carbons (Fsp3) is 0.870. The van der Waals surface area contributed by atoms with Gasteiger partial charge < -0.3 is 15.5 Å². The summed E-state index contributed by atoms with van der Waals surface area (Å²) in [5.41, 5.74) is 0. The van der Waals surface area contributed by atoms with Crippen LogP contribution in [-0.4, -0.2) is 35.0 Å². The molecule has 0 rings (SSSR count). The first-order chi connectivity index (χ1) is 13.7. The van der Waals surface area contributed by atoms with E-state index >= 15 is 0 Å². The van der Waals surface area contributed by atoms with Crippen molar-refractivity contribution in [3.63, 3.8) is 0 Å². The number of carbonyl (C=O) groups is 2. The summed E-state index contributed by atoms with van der Waals surface area (Å²) in [6.07, 6.45) is 10.3. The average molecular weight is 435 g/mol. The van der Waals surface area contributed by atoms with E-state index in [2.05, 4.69) is 17.2 Å². The van der Waals surface area contributed by atoms with E-state index in [-0.39, 0.29) is 47.3 Å². The Kier molecular flexibility index (Phi) is 20.1. The molecule has 0 aromatic carbocycles. The smallest absolute Gasteiger partial charge is 0.862 e. The summed E-state index contributed by atoms with van der Waals surface area (Å²) in [6, 6.07) is -1.76. The van der Waals surface area contributed by atoms with E-state index in [4.69, 9.17) is 0 Å².